The molecule has 0 fully saturated rings. The van der Waals surface area contributed by atoms with Gasteiger partial charge in [-0.25, -0.2) is 4.79 Å². The van der Waals surface area contributed by atoms with Gasteiger partial charge < -0.3 is 10.2 Å². The average Bonchev–Trinajstić information content (AvgIpc) is 2.19. The van der Waals surface area contributed by atoms with E-state index in [0.717, 1.165) is 10.9 Å². The molecule has 4 heteroatoms. The number of rotatable bonds is 1. The number of anilines is 1. The van der Waals surface area contributed by atoms with Crippen molar-refractivity contribution in [2.75, 3.05) is 19.4 Å². The van der Waals surface area contributed by atoms with Crippen LogP contribution in [-0.2, 0) is 0 Å². The summed E-state index contributed by atoms with van der Waals surface area (Å²) in [6.07, 6.45) is 0. The SMILES string of the molecule is [2H]N(C(=O)N(C)C)c1ccc(C)c(Cl)c1. The largest absolute Gasteiger partial charge is 0.331 e. The predicted octanol–water partition coefficient (Wildman–Crippen LogP) is 2.74. The molecular formula is C10H13ClN2O. The molecule has 0 unspecified atom stereocenters. The average molecular weight is 214 g/mol. The zero-order valence-corrected chi connectivity index (χ0v) is 9.17. The minimum atomic E-state index is -0.407. The van der Waals surface area contributed by atoms with Crippen LogP contribution in [0.2, 0.25) is 6.43 Å². The van der Waals surface area contributed by atoms with Crippen molar-refractivity contribution >= 4 is 23.3 Å². The summed E-state index contributed by atoms with van der Waals surface area (Å²) in [5.74, 6) is 0. The summed E-state index contributed by atoms with van der Waals surface area (Å²) in [7, 11) is 3.19. The molecule has 3 nitrogen and oxygen atoms in total. The third-order valence-corrected chi connectivity index (χ3v) is 2.17. The summed E-state index contributed by atoms with van der Waals surface area (Å²) in [6.45, 7) is 1.87. The minimum Gasteiger partial charge on any atom is -0.331 e. The van der Waals surface area contributed by atoms with Crippen molar-refractivity contribution in [3.8, 4) is 0 Å². The van der Waals surface area contributed by atoms with Crippen LogP contribution in [0.4, 0.5) is 10.5 Å². The first-order valence-electron chi connectivity index (χ1n) is 4.64. The van der Waals surface area contributed by atoms with Crippen LogP contribution in [0, 0.1) is 6.92 Å². The molecule has 1 aromatic carbocycles. The molecule has 0 heterocycles. The second-order valence-corrected chi connectivity index (χ2v) is 3.63. The van der Waals surface area contributed by atoms with Gasteiger partial charge in [0.1, 0.15) is 0 Å². The number of carbonyl (C=O) groups excluding carboxylic acids is 1. The van der Waals surface area contributed by atoms with Gasteiger partial charge in [-0.1, -0.05) is 17.7 Å². The number of amides is 2. The lowest BCUT2D eigenvalue weighted by Crippen LogP contribution is -2.27. The number of hydrogen-bond donors (Lipinski definition) is 1. The molecule has 0 aliphatic heterocycles. The molecule has 1 rings (SSSR count). The van der Waals surface area contributed by atoms with Gasteiger partial charge in [0.15, 0.2) is 1.41 Å². The van der Waals surface area contributed by atoms with E-state index in [1.54, 1.807) is 32.3 Å². The molecule has 1 N–H and O–H groups in total. The summed E-state index contributed by atoms with van der Waals surface area (Å²) in [5.41, 5.74) is 1.38. The van der Waals surface area contributed by atoms with Crippen LogP contribution < -0.4 is 5.31 Å². The number of nitrogens with one attached hydrogen (secondary N) is 1. The van der Waals surface area contributed by atoms with Gasteiger partial charge in [-0.3, -0.25) is 0 Å². The fourth-order valence-electron chi connectivity index (χ4n) is 0.862. The van der Waals surface area contributed by atoms with Crippen molar-refractivity contribution in [1.82, 2.24) is 4.90 Å². The number of halogens is 1. The molecule has 0 bridgehead atoms. The highest BCUT2D eigenvalue weighted by atomic mass is 35.5. The fraction of sp³-hybridized carbons (Fsp3) is 0.300. The molecule has 0 atom stereocenters. The molecular weight excluding hydrogens is 200 g/mol. The van der Waals surface area contributed by atoms with Gasteiger partial charge in [0, 0.05) is 24.8 Å². The smallest absolute Gasteiger partial charge is 0.321 e. The molecule has 0 spiro atoms. The van der Waals surface area contributed by atoms with Crippen LogP contribution in [0.15, 0.2) is 18.2 Å². The molecule has 14 heavy (non-hydrogen) atoms. The maximum absolute atomic E-state index is 11.5. The van der Waals surface area contributed by atoms with E-state index < -0.39 is 6.03 Å². The number of hydrogen-bond acceptors (Lipinski definition) is 1. The maximum Gasteiger partial charge on any atom is 0.321 e. The third kappa shape index (κ3) is 2.64. The predicted molar refractivity (Wildman–Crippen MR) is 58.9 cm³/mol. The van der Waals surface area contributed by atoms with Crippen LogP contribution in [0.5, 0.6) is 0 Å². The van der Waals surface area contributed by atoms with Gasteiger partial charge in [0.25, 0.3) is 0 Å². The van der Waals surface area contributed by atoms with Crippen molar-refractivity contribution in [1.29, 1.82) is 0 Å². The zero-order chi connectivity index (χ0) is 11.6. The van der Waals surface area contributed by atoms with Crippen LogP contribution in [0.25, 0.3) is 0 Å². The van der Waals surface area contributed by atoms with Gasteiger partial charge in [-0.15, -0.1) is 0 Å². The van der Waals surface area contributed by atoms with Crippen LogP contribution in [0.3, 0.4) is 0 Å². The summed E-state index contributed by atoms with van der Waals surface area (Å²) >= 11 is 5.91. The van der Waals surface area contributed by atoms with Gasteiger partial charge in [0.2, 0.25) is 0 Å². The second-order valence-electron chi connectivity index (χ2n) is 3.22. The van der Waals surface area contributed by atoms with Gasteiger partial charge >= 0.3 is 6.03 Å². The highest BCUT2D eigenvalue weighted by molar-refractivity contribution is 6.31. The van der Waals surface area contributed by atoms with E-state index in [1.807, 2.05) is 6.92 Å². The van der Waals surface area contributed by atoms with Crippen LogP contribution >= 0.6 is 11.6 Å². The Morgan fingerprint density at radius 2 is 2.21 bits per heavy atom. The molecule has 2 amide bonds. The number of urea groups is 1. The Bertz CT molecular complexity index is 382. The lowest BCUT2D eigenvalue weighted by atomic mass is 10.2. The Morgan fingerprint density at radius 3 is 2.71 bits per heavy atom. The normalized spacial score (nSPS) is 10.7. The summed E-state index contributed by atoms with van der Waals surface area (Å²) in [4.78, 5) is 12.8. The minimum absolute atomic E-state index is 0.407. The molecule has 0 aliphatic carbocycles. The summed E-state index contributed by atoms with van der Waals surface area (Å²) in [6, 6.07) is 4.66. The van der Waals surface area contributed by atoms with Crippen molar-refractivity contribution in [2.45, 2.75) is 6.92 Å². The highest BCUT2D eigenvalue weighted by Gasteiger charge is 2.04. The first-order valence-corrected chi connectivity index (χ1v) is 4.57. The highest BCUT2D eigenvalue weighted by Crippen LogP contribution is 2.19. The van der Waals surface area contributed by atoms with Gasteiger partial charge in [0.05, 0.1) is 0 Å². The van der Waals surface area contributed by atoms with Crippen molar-refractivity contribution < 1.29 is 6.21 Å². The quantitative estimate of drug-likeness (QED) is 0.765. The molecule has 0 saturated heterocycles. The van der Waals surface area contributed by atoms with Crippen LogP contribution in [0.1, 0.15) is 5.56 Å². The maximum atomic E-state index is 11.5. The fourth-order valence-corrected chi connectivity index (χ4v) is 1.04. The van der Waals surface area contributed by atoms with E-state index in [-0.39, 0.29) is 0 Å². The van der Waals surface area contributed by atoms with Crippen molar-refractivity contribution in [2.24, 2.45) is 0 Å². The second kappa shape index (κ2) is 4.33. The molecule has 76 valence electrons. The van der Waals surface area contributed by atoms with Crippen LogP contribution in [-0.4, -0.2) is 25.0 Å². The molecule has 1 aromatic rings. The van der Waals surface area contributed by atoms with Crippen molar-refractivity contribution in [3.63, 3.8) is 0 Å². The Labute approximate surface area is 90.1 Å². The van der Waals surface area contributed by atoms with Gasteiger partial charge in [-0.2, -0.15) is 0 Å². The Morgan fingerprint density at radius 1 is 1.57 bits per heavy atom. The molecule has 0 aliphatic rings. The first-order chi connectivity index (χ1) is 6.93. The standard InChI is InChI=1S/C10H13ClN2O/c1-7-4-5-8(6-9(7)11)12-10(14)13(2)3/h4-6H,1-3H3,(H,12,14)/i/hD. The first kappa shape index (κ1) is 9.34. The lowest BCUT2D eigenvalue weighted by molar-refractivity contribution is 0.230. The molecule has 0 radical (unpaired) electrons. The van der Waals surface area contributed by atoms with E-state index in [2.05, 4.69) is 0 Å². The Kier molecular flexibility index (Phi) is 2.89. The topological polar surface area (TPSA) is 32.3 Å². The van der Waals surface area contributed by atoms with E-state index in [1.165, 1.54) is 4.90 Å². The molecule has 0 saturated carbocycles. The van der Waals surface area contributed by atoms with Crippen molar-refractivity contribution in [3.05, 3.63) is 28.8 Å². The monoisotopic (exact) mass is 213 g/mol. The van der Waals surface area contributed by atoms with E-state index in [0.29, 0.717) is 10.7 Å². The Balaban J connectivity index is 2.97. The van der Waals surface area contributed by atoms with E-state index in [9.17, 15) is 4.79 Å². The number of nitrogens with zero attached hydrogens (tertiary/aromatic N) is 1. The number of benzene rings is 1. The summed E-state index contributed by atoms with van der Waals surface area (Å²) < 4.78 is 7.60. The lowest BCUT2D eigenvalue weighted by Gasteiger charge is -2.12. The number of aryl methyl sites for hydroxylation is 1. The van der Waals surface area contributed by atoms with Gasteiger partial charge in [-0.05, 0) is 24.6 Å². The van der Waals surface area contributed by atoms with E-state index in [4.69, 9.17) is 13.0 Å². The zero-order valence-electron chi connectivity index (χ0n) is 9.41. The van der Waals surface area contributed by atoms with E-state index >= 15 is 0 Å². The number of carbonyl (C=O) groups is 1. The summed E-state index contributed by atoms with van der Waals surface area (Å²) in [5, 5.41) is 1.36. The third-order valence-electron chi connectivity index (χ3n) is 1.76. The Hall–Kier alpha value is -1.22. The molecule has 0 aromatic heterocycles.